The summed E-state index contributed by atoms with van der Waals surface area (Å²) in [4.78, 5) is 14.7. The Bertz CT molecular complexity index is 450. The normalized spacial score (nSPS) is 17.0. The van der Waals surface area contributed by atoms with Gasteiger partial charge in [0.2, 0.25) is 5.82 Å². The number of pyridine rings is 1. The van der Waals surface area contributed by atoms with Crippen molar-refractivity contribution in [3.05, 3.63) is 27.9 Å². The van der Waals surface area contributed by atoms with Crippen LogP contribution >= 0.6 is 0 Å². The van der Waals surface area contributed by atoms with Gasteiger partial charge in [0.25, 0.3) is 0 Å². The molecule has 0 bridgehead atoms. The molecule has 0 amide bonds. The highest BCUT2D eigenvalue weighted by Gasteiger charge is 2.35. The van der Waals surface area contributed by atoms with Crippen molar-refractivity contribution >= 4 is 11.5 Å². The Balaban J connectivity index is 2.11. The van der Waals surface area contributed by atoms with Crippen molar-refractivity contribution in [3.8, 4) is 0 Å². The molecule has 2 rings (SSSR count). The summed E-state index contributed by atoms with van der Waals surface area (Å²) < 4.78 is 0. The van der Waals surface area contributed by atoms with Gasteiger partial charge >= 0.3 is 5.69 Å². The summed E-state index contributed by atoms with van der Waals surface area (Å²) in [6, 6.07) is 1.56. The Morgan fingerprint density at radius 2 is 2.28 bits per heavy atom. The zero-order valence-electron chi connectivity index (χ0n) is 10.9. The number of nitro groups is 1. The lowest BCUT2D eigenvalue weighted by atomic mass is 9.67. The predicted molar refractivity (Wildman–Crippen MR) is 70.7 cm³/mol. The highest BCUT2D eigenvalue weighted by atomic mass is 16.6. The third kappa shape index (κ3) is 2.44. The van der Waals surface area contributed by atoms with E-state index in [-0.39, 0.29) is 10.6 Å². The van der Waals surface area contributed by atoms with Gasteiger partial charge in [-0.05, 0) is 37.2 Å². The van der Waals surface area contributed by atoms with Gasteiger partial charge in [-0.15, -0.1) is 0 Å². The molecule has 18 heavy (non-hydrogen) atoms. The van der Waals surface area contributed by atoms with Gasteiger partial charge in [-0.3, -0.25) is 10.1 Å². The minimum absolute atomic E-state index is 0.0700. The van der Waals surface area contributed by atoms with E-state index in [0.717, 1.165) is 18.5 Å². The summed E-state index contributed by atoms with van der Waals surface area (Å²) in [6.07, 6.45) is 6.44. The molecule has 1 saturated carbocycles. The maximum atomic E-state index is 11.0. The smallest absolute Gasteiger partial charge is 0.311 e. The first-order chi connectivity index (χ1) is 8.56. The molecule has 1 heterocycles. The van der Waals surface area contributed by atoms with E-state index in [1.807, 2.05) is 6.92 Å². The van der Waals surface area contributed by atoms with Crippen LogP contribution in [0.2, 0.25) is 0 Å². The zero-order valence-corrected chi connectivity index (χ0v) is 10.9. The summed E-state index contributed by atoms with van der Waals surface area (Å²) in [7, 11) is 0. The second kappa shape index (κ2) is 4.92. The number of aryl methyl sites for hydroxylation is 1. The van der Waals surface area contributed by atoms with E-state index >= 15 is 0 Å². The summed E-state index contributed by atoms with van der Waals surface area (Å²) in [5, 5.41) is 14.1. The molecule has 0 saturated heterocycles. The number of nitrogens with zero attached hydrogens (tertiary/aromatic N) is 2. The Kier molecular flexibility index (Phi) is 3.50. The van der Waals surface area contributed by atoms with Crippen molar-refractivity contribution < 1.29 is 4.92 Å². The fraction of sp³-hybridized carbons (Fsp3) is 0.615. The van der Waals surface area contributed by atoms with E-state index in [2.05, 4.69) is 17.2 Å². The van der Waals surface area contributed by atoms with E-state index in [1.165, 1.54) is 19.3 Å². The van der Waals surface area contributed by atoms with Crippen LogP contribution in [-0.2, 0) is 0 Å². The van der Waals surface area contributed by atoms with Crippen LogP contribution < -0.4 is 5.32 Å². The lowest BCUT2D eigenvalue weighted by Gasteiger charge is -2.41. The highest BCUT2D eigenvalue weighted by Crippen LogP contribution is 2.43. The Labute approximate surface area is 107 Å². The standard InChI is InChI=1S/C13H19N3O2/c1-3-13(5-4-6-13)9-15-12-11(16(17)18)7-10(2)8-14-12/h7-8H,3-6,9H2,1-2H3,(H,14,15). The molecule has 0 unspecified atom stereocenters. The first-order valence-corrected chi connectivity index (χ1v) is 6.41. The van der Waals surface area contributed by atoms with Crippen LogP contribution in [0.3, 0.4) is 0 Å². The third-order valence-electron chi connectivity index (χ3n) is 4.00. The Morgan fingerprint density at radius 3 is 2.78 bits per heavy atom. The second-order valence-corrected chi connectivity index (χ2v) is 5.20. The molecule has 0 spiro atoms. The predicted octanol–water partition coefficient (Wildman–Crippen LogP) is 3.29. The molecular formula is C13H19N3O2. The van der Waals surface area contributed by atoms with E-state index in [9.17, 15) is 10.1 Å². The van der Waals surface area contributed by atoms with Crippen LogP contribution in [0.15, 0.2) is 12.3 Å². The van der Waals surface area contributed by atoms with Gasteiger partial charge in [-0.2, -0.15) is 0 Å². The van der Waals surface area contributed by atoms with Crippen molar-refractivity contribution in [1.82, 2.24) is 4.98 Å². The fourth-order valence-electron chi connectivity index (χ4n) is 2.43. The summed E-state index contributed by atoms with van der Waals surface area (Å²) in [6.45, 7) is 4.77. The van der Waals surface area contributed by atoms with Crippen molar-refractivity contribution in [3.63, 3.8) is 0 Å². The fourth-order valence-corrected chi connectivity index (χ4v) is 2.43. The van der Waals surface area contributed by atoms with Crippen molar-refractivity contribution in [2.45, 2.75) is 39.5 Å². The van der Waals surface area contributed by atoms with Gasteiger partial charge in [-0.25, -0.2) is 4.98 Å². The average molecular weight is 249 g/mol. The molecule has 0 aliphatic heterocycles. The first-order valence-electron chi connectivity index (χ1n) is 6.41. The lowest BCUT2D eigenvalue weighted by Crippen LogP contribution is -2.36. The molecule has 0 radical (unpaired) electrons. The van der Waals surface area contributed by atoms with E-state index in [1.54, 1.807) is 12.3 Å². The summed E-state index contributed by atoms with van der Waals surface area (Å²) >= 11 is 0. The van der Waals surface area contributed by atoms with Crippen LogP contribution in [0.5, 0.6) is 0 Å². The van der Waals surface area contributed by atoms with E-state index < -0.39 is 0 Å². The maximum absolute atomic E-state index is 11.0. The maximum Gasteiger partial charge on any atom is 0.311 e. The number of hydrogen-bond acceptors (Lipinski definition) is 4. The van der Waals surface area contributed by atoms with Gasteiger partial charge in [0.15, 0.2) is 0 Å². The van der Waals surface area contributed by atoms with Gasteiger partial charge < -0.3 is 5.32 Å². The molecule has 0 atom stereocenters. The van der Waals surface area contributed by atoms with Crippen LogP contribution in [0.4, 0.5) is 11.5 Å². The first kappa shape index (κ1) is 12.8. The molecule has 5 nitrogen and oxygen atoms in total. The average Bonchev–Trinajstić information content (AvgIpc) is 2.29. The second-order valence-electron chi connectivity index (χ2n) is 5.20. The lowest BCUT2D eigenvalue weighted by molar-refractivity contribution is -0.384. The van der Waals surface area contributed by atoms with Gasteiger partial charge in [0.1, 0.15) is 0 Å². The highest BCUT2D eigenvalue weighted by molar-refractivity contribution is 5.56. The molecule has 1 aromatic rings. The SMILES string of the molecule is CCC1(CNc2ncc(C)cc2[N+](=O)[O-])CCC1. The quantitative estimate of drug-likeness (QED) is 0.642. The molecule has 1 aliphatic carbocycles. The molecule has 1 N–H and O–H groups in total. The number of anilines is 1. The number of nitrogens with one attached hydrogen (secondary N) is 1. The monoisotopic (exact) mass is 249 g/mol. The van der Waals surface area contributed by atoms with Crippen LogP contribution in [0.1, 0.15) is 38.2 Å². The van der Waals surface area contributed by atoms with Gasteiger partial charge in [0, 0.05) is 18.8 Å². The molecule has 1 fully saturated rings. The number of aromatic nitrogens is 1. The number of rotatable bonds is 5. The number of hydrogen-bond donors (Lipinski definition) is 1. The van der Waals surface area contributed by atoms with Crippen molar-refractivity contribution in [2.24, 2.45) is 5.41 Å². The Morgan fingerprint density at radius 1 is 1.56 bits per heavy atom. The topological polar surface area (TPSA) is 68.1 Å². The zero-order chi connectivity index (χ0) is 13.2. The van der Waals surface area contributed by atoms with Crippen molar-refractivity contribution in [1.29, 1.82) is 0 Å². The van der Waals surface area contributed by atoms with Crippen LogP contribution in [0.25, 0.3) is 0 Å². The largest absolute Gasteiger partial charge is 0.364 e. The van der Waals surface area contributed by atoms with E-state index in [0.29, 0.717) is 11.2 Å². The molecule has 5 heteroatoms. The minimum Gasteiger partial charge on any atom is -0.364 e. The third-order valence-corrected chi connectivity index (χ3v) is 4.00. The molecule has 98 valence electrons. The molecule has 1 aromatic heterocycles. The summed E-state index contributed by atoms with van der Waals surface area (Å²) in [5.41, 5.74) is 1.20. The Hall–Kier alpha value is -1.65. The van der Waals surface area contributed by atoms with Crippen LogP contribution in [0, 0.1) is 22.5 Å². The molecular weight excluding hydrogens is 230 g/mol. The van der Waals surface area contributed by atoms with E-state index in [4.69, 9.17) is 0 Å². The van der Waals surface area contributed by atoms with Crippen LogP contribution in [-0.4, -0.2) is 16.5 Å². The summed E-state index contributed by atoms with van der Waals surface area (Å²) in [5.74, 6) is 0.394. The minimum atomic E-state index is -0.373. The molecule has 0 aromatic carbocycles. The van der Waals surface area contributed by atoms with Gasteiger partial charge in [0.05, 0.1) is 4.92 Å². The van der Waals surface area contributed by atoms with Gasteiger partial charge in [-0.1, -0.05) is 13.3 Å². The molecule has 1 aliphatic rings. The van der Waals surface area contributed by atoms with Crippen molar-refractivity contribution in [2.75, 3.05) is 11.9 Å².